The summed E-state index contributed by atoms with van der Waals surface area (Å²) in [6.07, 6.45) is 3.71. The minimum atomic E-state index is -0.541. The zero-order valence-corrected chi connectivity index (χ0v) is 16.9. The van der Waals surface area contributed by atoms with Crippen molar-refractivity contribution in [3.63, 3.8) is 0 Å². The van der Waals surface area contributed by atoms with Crippen molar-refractivity contribution in [2.75, 3.05) is 26.2 Å². The van der Waals surface area contributed by atoms with E-state index in [1.54, 1.807) is 30.3 Å². The van der Waals surface area contributed by atoms with Crippen LogP contribution in [-0.4, -0.2) is 43.0 Å². The Hall–Kier alpha value is -3.19. The van der Waals surface area contributed by atoms with Crippen LogP contribution in [0.4, 0.5) is 0 Å². The van der Waals surface area contributed by atoms with Gasteiger partial charge in [0.05, 0.1) is 5.39 Å². The topological polar surface area (TPSA) is 88.8 Å². The van der Waals surface area contributed by atoms with Crippen LogP contribution in [-0.2, 0) is 4.79 Å². The highest BCUT2D eigenvalue weighted by Crippen LogP contribution is 2.27. The van der Waals surface area contributed by atoms with Gasteiger partial charge in [0.15, 0.2) is 0 Å². The van der Waals surface area contributed by atoms with Crippen LogP contribution in [0.5, 0.6) is 5.75 Å². The number of amides is 1. The van der Waals surface area contributed by atoms with Gasteiger partial charge in [0.1, 0.15) is 11.3 Å². The quantitative estimate of drug-likeness (QED) is 0.302. The first-order valence-corrected chi connectivity index (χ1v) is 10.2. The fourth-order valence-corrected chi connectivity index (χ4v) is 3.90. The molecule has 30 heavy (non-hydrogen) atoms. The van der Waals surface area contributed by atoms with Crippen molar-refractivity contribution >= 4 is 33.6 Å². The maximum atomic E-state index is 12.5. The Morgan fingerprint density at radius 3 is 2.57 bits per heavy atom. The van der Waals surface area contributed by atoms with Gasteiger partial charge in [-0.3, -0.25) is 9.59 Å². The van der Waals surface area contributed by atoms with E-state index >= 15 is 0 Å². The maximum absolute atomic E-state index is 12.5. The lowest BCUT2D eigenvalue weighted by atomic mass is 10.0. The molecule has 156 valence electrons. The smallest absolute Gasteiger partial charge is 0.344 e. The molecule has 1 aliphatic rings. The molecule has 0 saturated carbocycles. The summed E-state index contributed by atoms with van der Waals surface area (Å²) in [5, 5.41) is 4.66. The number of hydrogen-bond acceptors (Lipinski definition) is 6. The summed E-state index contributed by atoms with van der Waals surface area (Å²) in [5.74, 6) is -0.353. The Morgan fingerprint density at radius 1 is 1.03 bits per heavy atom. The number of piperidine rings is 1. The number of likely N-dealkylation sites (tertiary alicyclic amines) is 1. The molecule has 1 aliphatic heterocycles. The largest absolute Gasteiger partial charge is 0.427 e. The number of carbonyl (C=O) groups excluding carboxylic acids is 2. The predicted molar refractivity (Wildman–Crippen MR) is 114 cm³/mol. The molecule has 0 unspecified atom stereocenters. The van der Waals surface area contributed by atoms with Crippen LogP contribution in [0.1, 0.15) is 36.5 Å². The Bertz CT molecular complexity index is 1160. The van der Waals surface area contributed by atoms with Gasteiger partial charge in [-0.05, 0) is 55.6 Å². The highest BCUT2D eigenvalue weighted by molar-refractivity contribution is 6.07. The summed E-state index contributed by atoms with van der Waals surface area (Å²) < 4.78 is 10.5. The SMILES string of the molecule is CC(=O)Oc1ccc2c(c1)oc(=O)c1cc(C(=O)NCCN3CCCCC3)ccc12. The van der Waals surface area contributed by atoms with Crippen molar-refractivity contribution in [3.05, 3.63) is 52.4 Å². The van der Waals surface area contributed by atoms with Gasteiger partial charge in [0.2, 0.25) is 0 Å². The molecule has 1 fully saturated rings. The molecule has 1 amide bonds. The number of benzene rings is 2. The normalized spacial score (nSPS) is 14.7. The van der Waals surface area contributed by atoms with Gasteiger partial charge >= 0.3 is 11.6 Å². The Labute approximate surface area is 173 Å². The van der Waals surface area contributed by atoms with Crippen LogP contribution >= 0.6 is 0 Å². The van der Waals surface area contributed by atoms with E-state index in [-0.39, 0.29) is 5.91 Å². The monoisotopic (exact) mass is 408 g/mol. The number of rotatable bonds is 5. The summed E-state index contributed by atoms with van der Waals surface area (Å²) in [6.45, 7) is 4.87. The fourth-order valence-electron chi connectivity index (χ4n) is 3.90. The van der Waals surface area contributed by atoms with E-state index in [9.17, 15) is 14.4 Å². The second-order valence-electron chi connectivity index (χ2n) is 7.56. The van der Waals surface area contributed by atoms with Crippen LogP contribution < -0.4 is 15.7 Å². The lowest BCUT2D eigenvalue weighted by Crippen LogP contribution is -2.37. The third-order valence-electron chi connectivity index (χ3n) is 5.37. The number of hydrogen-bond donors (Lipinski definition) is 1. The van der Waals surface area contributed by atoms with Gasteiger partial charge in [-0.25, -0.2) is 4.79 Å². The van der Waals surface area contributed by atoms with Crippen molar-refractivity contribution in [1.82, 2.24) is 10.2 Å². The molecule has 0 radical (unpaired) electrons. The first-order chi connectivity index (χ1) is 14.5. The van der Waals surface area contributed by atoms with Crippen LogP contribution in [0.2, 0.25) is 0 Å². The van der Waals surface area contributed by atoms with E-state index in [0.29, 0.717) is 39.6 Å². The van der Waals surface area contributed by atoms with E-state index in [4.69, 9.17) is 9.15 Å². The standard InChI is InChI=1S/C23H24N2O5/c1-15(26)29-17-6-8-19-18-7-5-16(13-20(18)23(28)30-21(19)14-17)22(27)24-9-12-25-10-3-2-4-11-25/h5-8,13-14H,2-4,9-12H2,1H3,(H,24,27). The maximum Gasteiger partial charge on any atom is 0.344 e. The minimum absolute atomic E-state index is 0.210. The Kier molecular flexibility index (Phi) is 5.81. The molecule has 3 aromatic rings. The molecule has 4 rings (SSSR count). The third kappa shape index (κ3) is 4.36. The molecule has 2 heterocycles. The second-order valence-corrected chi connectivity index (χ2v) is 7.56. The first-order valence-electron chi connectivity index (χ1n) is 10.2. The van der Waals surface area contributed by atoms with Crippen molar-refractivity contribution in [2.45, 2.75) is 26.2 Å². The van der Waals surface area contributed by atoms with Gasteiger partial charge in [-0.2, -0.15) is 0 Å². The second kappa shape index (κ2) is 8.67. The lowest BCUT2D eigenvalue weighted by Gasteiger charge is -2.26. The summed E-state index contributed by atoms with van der Waals surface area (Å²) >= 11 is 0. The number of nitrogens with zero attached hydrogens (tertiary/aromatic N) is 1. The van der Waals surface area contributed by atoms with Gasteiger partial charge in [0, 0.05) is 37.0 Å². The average Bonchev–Trinajstić information content (AvgIpc) is 2.73. The number of esters is 1. The minimum Gasteiger partial charge on any atom is -0.427 e. The van der Waals surface area contributed by atoms with E-state index in [2.05, 4.69) is 10.2 Å². The molecule has 0 atom stereocenters. The molecule has 2 aromatic carbocycles. The van der Waals surface area contributed by atoms with Gasteiger partial charge < -0.3 is 19.4 Å². The molecule has 0 spiro atoms. The summed E-state index contributed by atoms with van der Waals surface area (Å²) in [5.41, 5.74) is 0.203. The molecule has 7 heteroatoms. The van der Waals surface area contributed by atoms with Crippen molar-refractivity contribution < 1.29 is 18.7 Å². The van der Waals surface area contributed by atoms with Crippen LogP contribution in [0.3, 0.4) is 0 Å². The number of carbonyl (C=O) groups is 2. The van der Waals surface area contributed by atoms with Crippen molar-refractivity contribution in [2.24, 2.45) is 0 Å². The molecular weight excluding hydrogens is 384 g/mol. The van der Waals surface area contributed by atoms with Gasteiger partial charge in [-0.1, -0.05) is 12.5 Å². The number of fused-ring (bicyclic) bond motifs is 3. The van der Waals surface area contributed by atoms with E-state index < -0.39 is 11.6 Å². The molecule has 0 aliphatic carbocycles. The predicted octanol–water partition coefficient (Wildman–Crippen LogP) is 3.09. The fraction of sp³-hybridized carbons (Fsp3) is 0.348. The van der Waals surface area contributed by atoms with Crippen LogP contribution in [0, 0.1) is 0 Å². The molecule has 0 bridgehead atoms. The Balaban J connectivity index is 1.55. The van der Waals surface area contributed by atoms with Crippen LogP contribution in [0.25, 0.3) is 21.7 Å². The lowest BCUT2D eigenvalue weighted by molar-refractivity contribution is -0.131. The van der Waals surface area contributed by atoms with E-state index in [1.807, 2.05) is 0 Å². The van der Waals surface area contributed by atoms with E-state index in [0.717, 1.165) is 19.6 Å². The molecule has 1 saturated heterocycles. The molecule has 1 N–H and O–H groups in total. The van der Waals surface area contributed by atoms with Crippen LogP contribution in [0.15, 0.2) is 45.6 Å². The summed E-state index contributed by atoms with van der Waals surface area (Å²) in [7, 11) is 0. The van der Waals surface area contributed by atoms with E-state index in [1.165, 1.54) is 32.3 Å². The number of nitrogens with one attached hydrogen (secondary N) is 1. The van der Waals surface area contributed by atoms with Gasteiger partial charge in [-0.15, -0.1) is 0 Å². The zero-order chi connectivity index (χ0) is 21.1. The molecule has 1 aromatic heterocycles. The highest BCUT2D eigenvalue weighted by Gasteiger charge is 2.14. The van der Waals surface area contributed by atoms with Crippen molar-refractivity contribution in [1.29, 1.82) is 0 Å². The average molecular weight is 408 g/mol. The zero-order valence-electron chi connectivity index (χ0n) is 16.9. The summed E-state index contributed by atoms with van der Waals surface area (Å²) in [6, 6.07) is 9.91. The summed E-state index contributed by atoms with van der Waals surface area (Å²) in [4.78, 5) is 38.5. The Morgan fingerprint density at radius 2 is 1.80 bits per heavy atom. The first kappa shape index (κ1) is 20.1. The molecule has 7 nitrogen and oxygen atoms in total. The third-order valence-corrected chi connectivity index (χ3v) is 5.37. The highest BCUT2D eigenvalue weighted by atomic mass is 16.5. The van der Waals surface area contributed by atoms with Crippen molar-refractivity contribution in [3.8, 4) is 5.75 Å². The molecular formula is C23H24N2O5. The van der Waals surface area contributed by atoms with Gasteiger partial charge in [0.25, 0.3) is 5.91 Å². The number of ether oxygens (including phenoxy) is 1.